The Kier molecular flexibility index (Phi) is 5.27. The van der Waals surface area contributed by atoms with E-state index < -0.39 is 0 Å². The van der Waals surface area contributed by atoms with Gasteiger partial charge in [0, 0.05) is 18.0 Å². The first-order valence-corrected chi connectivity index (χ1v) is 10.6. The second-order valence-corrected chi connectivity index (χ2v) is 8.51. The van der Waals surface area contributed by atoms with E-state index in [0.29, 0.717) is 11.8 Å². The van der Waals surface area contributed by atoms with Gasteiger partial charge in [0.1, 0.15) is 6.04 Å². The Bertz CT molecular complexity index is 1100. The summed E-state index contributed by atoms with van der Waals surface area (Å²) >= 11 is 0. The number of hydrogen-bond acceptors (Lipinski definition) is 0. The van der Waals surface area contributed by atoms with Crippen molar-refractivity contribution in [3.63, 3.8) is 0 Å². The predicted molar refractivity (Wildman–Crippen MR) is 121 cm³/mol. The van der Waals surface area contributed by atoms with Crippen LogP contribution in [0.2, 0.25) is 0 Å². The topological polar surface area (TPSA) is 8.81 Å². The van der Waals surface area contributed by atoms with E-state index in [1.54, 1.807) is 0 Å². The van der Waals surface area contributed by atoms with Crippen LogP contribution in [0.1, 0.15) is 69.2 Å². The molecule has 0 bridgehead atoms. The molecular weight excluding hydrogens is 352 g/mol. The molecule has 0 saturated carbocycles. The van der Waals surface area contributed by atoms with Crippen LogP contribution in [0.5, 0.6) is 0 Å². The molecule has 1 atom stereocenters. The zero-order valence-corrected chi connectivity index (χ0v) is 18.1. The number of para-hydroxylation sites is 1. The molecule has 0 amide bonds. The second-order valence-electron chi connectivity index (χ2n) is 8.51. The van der Waals surface area contributed by atoms with Gasteiger partial charge in [-0.3, -0.25) is 0 Å². The van der Waals surface area contributed by atoms with Crippen molar-refractivity contribution in [3.8, 4) is 5.69 Å². The third-order valence-electron chi connectivity index (χ3n) is 5.87. The molecule has 0 spiro atoms. The van der Waals surface area contributed by atoms with Gasteiger partial charge in [0.2, 0.25) is 6.33 Å². The van der Waals surface area contributed by atoms with Gasteiger partial charge in [0.05, 0.1) is 5.69 Å². The normalized spacial score (nSPS) is 12.8. The van der Waals surface area contributed by atoms with Crippen molar-refractivity contribution in [1.29, 1.82) is 0 Å². The van der Waals surface area contributed by atoms with Crippen molar-refractivity contribution < 1.29 is 4.57 Å². The van der Waals surface area contributed by atoms with Gasteiger partial charge in [-0.2, -0.15) is 0 Å². The number of nitrogens with zero attached hydrogens (tertiary/aromatic N) is 2. The van der Waals surface area contributed by atoms with Crippen LogP contribution in [0, 0.1) is 6.33 Å². The lowest BCUT2D eigenvalue weighted by Gasteiger charge is -2.21. The Morgan fingerprint density at radius 2 is 1.31 bits per heavy atom. The highest BCUT2D eigenvalue weighted by molar-refractivity contribution is 5.85. The summed E-state index contributed by atoms with van der Waals surface area (Å²) in [6, 6.07) is 22.1. The molecule has 0 N–H and O–H groups in total. The Balaban J connectivity index is 1.80. The van der Waals surface area contributed by atoms with E-state index in [1.807, 2.05) is 0 Å². The van der Waals surface area contributed by atoms with Crippen molar-refractivity contribution in [2.45, 2.75) is 52.5 Å². The summed E-state index contributed by atoms with van der Waals surface area (Å²) < 4.78 is 4.38. The van der Waals surface area contributed by atoms with E-state index in [1.165, 1.54) is 33.2 Å². The average Bonchev–Trinajstić information content (AvgIpc) is 3.22. The van der Waals surface area contributed by atoms with Crippen LogP contribution in [0.4, 0.5) is 0 Å². The highest BCUT2D eigenvalue weighted by Gasteiger charge is 2.18. The minimum atomic E-state index is 0.205. The van der Waals surface area contributed by atoms with Crippen molar-refractivity contribution in [1.82, 2.24) is 4.57 Å². The lowest BCUT2D eigenvalue weighted by molar-refractivity contribution is -0.713. The molecule has 0 saturated heterocycles. The van der Waals surface area contributed by atoms with Crippen LogP contribution < -0.4 is 4.57 Å². The number of aromatic nitrogens is 2. The minimum Gasteiger partial charge on any atom is -0.326 e. The van der Waals surface area contributed by atoms with Crippen LogP contribution in [0.15, 0.2) is 73.1 Å². The van der Waals surface area contributed by atoms with Gasteiger partial charge in [-0.25, -0.2) is 0 Å². The first-order chi connectivity index (χ1) is 14.0. The molecule has 0 aliphatic carbocycles. The Morgan fingerprint density at radius 1 is 0.724 bits per heavy atom. The van der Waals surface area contributed by atoms with Crippen molar-refractivity contribution in [2.24, 2.45) is 0 Å². The number of benzene rings is 3. The van der Waals surface area contributed by atoms with E-state index in [9.17, 15) is 0 Å². The highest BCUT2D eigenvalue weighted by atomic mass is 15.1. The fourth-order valence-corrected chi connectivity index (χ4v) is 4.22. The predicted octanol–water partition coefficient (Wildman–Crippen LogP) is 6.57. The maximum absolute atomic E-state index is 3.62. The quantitative estimate of drug-likeness (QED) is 0.272. The third kappa shape index (κ3) is 3.60. The second kappa shape index (κ2) is 7.87. The molecule has 1 heterocycles. The Hall–Kier alpha value is -2.87. The van der Waals surface area contributed by atoms with Gasteiger partial charge < -0.3 is 9.13 Å². The summed E-state index contributed by atoms with van der Waals surface area (Å²) in [5, 5.41) is 2.59. The van der Waals surface area contributed by atoms with Crippen LogP contribution in [0.3, 0.4) is 0 Å². The lowest BCUT2D eigenvalue weighted by atomic mass is 9.92. The SMILES string of the molecule is CC(C)c1cccc(C(C)C)c1-n1[c-][n+]([C@H](C)c2cccc3ccccc23)cc1. The van der Waals surface area contributed by atoms with Crippen molar-refractivity contribution in [3.05, 3.63) is 96.1 Å². The molecule has 0 unspecified atom stereocenters. The van der Waals surface area contributed by atoms with Crippen LogP contribution in [0.25, 0.3) is 16.5 Å². The van der Waals surface area contributed by atoms with E-state index in [2.05, 4.69) is 123 Å². The molecule has 1 aromatic heterocycles. The van der Waals surface area contributed by atoms with Gasteiger partial charge >= 0.3 is 0 Å². The molecule has 2 nitrogen and oxygen atoms in total. The van der Waals surface area contributed by atoms with Gasteiger partial charge in [-0.15, -0.1) is 0 Å². The average molecular weight is 383 g/mol. The highest BCUT2D eigenvalue weighted by Crippen LogP contribution is 2.31. The summed E-state index contributed by atoms with van der Waals surface area (Å²) in [6.07, 6.45) is 7.91. The van der Waals surface area contributed by atoms with Gasteiger partial charge in [-0.1, -0.05) is 88.4 Å². The monoisotopic (exact) mass is 382 g/mol. The molecule has 4 rings (SSSR count). The number of imidazole rings is 1. The maximum atomic E-state index is 3.62. The number of fused-ring (bicyclic) bond motifs is 1. The molecule has 0 radical (unpaired) electrons. The first kappa shape index (κ1) is 19.4. The summed E-state index contributed by atoms with van der Waals surface area (Å²) in [5.41, 5.74) is 5.34. The molecule has 4 aromatic rings. The van der Waals surface area contributed by atoms with Crippen LogP contribution in [-0.4, -0.2) is 4.57 Å². The molecule has 0 aliphatic rings. The third-order valence-corrected chi connectivity index (χ3v) is 5.87. The lowest BCUT2D eigenvalue weighted by Crippen LogP contribution is -2.36. The summed E-state index contributed by atoms with van der Waals surface area (Å²) in [5.74, 6) is 0.923. The fourth-order valence-electron chi connectivity index (χ4n) is 4.22. The van der Waals surface area contributed by atoms with E-state index in [4.69, 9.17) is 0 Å². The minimum absolute atomic E-state index is 0.205. The smallest absolute Gasteiger partial charge is 0.243 e. The Morgan fingerprint density at radius 3 is 2.00 bits per heavy atom. The largest absolute Gasteiger partial charge is 0.326 e. The summed E-state index contributed by atoms with van der Waals surface area (Å²) in [6.45, 7) is 11.3. The summed E-state index contributed by atoms with van der Waals surface area (Å²) in [7, 11) is 0. The molecule has 0 fully saturated rings. The maximum Gasteiger partial charge on any atom is 0.243 e. The van der Waals surface area contributed by atoms with Gasteiger partial charge in [0.25, 0.3) is 0 Å². The molecule has 0 aliphatic heterocycles. The molecule has 29 heavy (non-hydrogen) atoms. The van der Waals surface area contributed by atoms with Crippen LogP contribution in [-0.2, 0) is 0 Å². The standard InChI is InChI=1S/C27H30N2/c1-19(2)23-13-9-14-24(20(3)4)27(23)29-17-16-28(18-29)21(5)25-15-8-11-22-10-6-7-12-26(22)25/h6-17,19-21H,1-5H3/t21-/m1/s1. The molecule has 3 aromatic carbocycles. The number of rotatable bonds is 5. The van der Waals surface area contributed by atoms with E-state index in [-0.39, 0.29) is 6.04 Å². The zero-order chi connectivity index (χ0) is 20.5. The van der Waals surface area contributed by atoms with Gasteiger partial charge in [0.15, 0.2) is 0 Å². The van der Waals surface area contributed by atoms with E-state index >= 15 is 0 Å². The molecule has 148 valence electrons. The fraction of sp³-hybridized carbons (Fsp3) is 0.296. The van der Waals surface area contributed by atoms with Crippen molar-refractivity contribution >= 4 is 10.8 Å². The zero-order valence-electron chi connectivity index (χ0n) is 18.1. The van der Waals surface area contributed by atoms with E-state index in [0.717, 1.165) is 0 Å². The number of hydrogen-bond donors (Lipinski definition) is 0. The Labute approximate surface area is 174 Å². The molecular formula is C27H30N2. The first-order valence-electron chi connectivity index (χ1n) is 10.6. The van der Waals surface area contributed by atoms with Crippen molar-refractivity contribution in [2.75, 3.05) is 0 Å². The molecule has 2 heteroatoms. The van der Waals surface area contributed by atoms with Gasteiger partial charge in [-0.05, 0) is 40.7 Å². The van der Waals surface area contributed by atoms with Crippen LogP contribution >= 0.6 is 0 Å². The summed E-state index contributed by atoms with van der Waals surface area (Å²) in [4.78, 5) is 0.